The molecule has 3 aromatic rings. The van der Waals surface area contributed by atoms with Gasteiger partial charge in [0.05, 0.1) is 28.2 Å². The van der Waals surface area contributed by atoms with Gasteiger partial charge in [0, 0.05) is 44.4 Å². The summed E-state index contributed by atoms with van der Waals surface area (Å²) in [5.41, 5.74) is 3.48. The number of fused-ring (bicyclic) bond motifs is 1. The van der Waals surface area contributed by atoms with Crippen molar-refractivity contribution in [3.8, 4) is 0 Å². The zero-order chi connectivity index (χ0) is 22.1. The zero-order valence-electron chi connectivity index (χ0n) is 17.9. The molecule has 2 aliphatic heterocycles. The van der Waals surface area contributed by atoms with E-state index in [0.717, 1.165) is 53.1 Å². The molecular weight excluding hydrogens is 472 g/mol. The van der Waals surface area contributed by atoms with E-state index in [1.54, 1.807) is 12.3 Å². The van der Waals surface area contributed by atoms with Crippen LogP contribution in [0.5, 0.6) is 0 Å². The second-order valence-electron chi connectivity index (χ2n) is 8.46. The Kier molecular flexibility index (Phi) is 5.82. The van der Waals surface area contributed by atoms with Crippen LogP contribution in [0.25, 0.3) is 5.65 Å². The Morgan fingerprint density at radius 1 is 1.41 bits per heavy atom. The first-order valence-corrected chi connectivity index (χ1v) is 11.7. The van der Waals surface area contributed by atoms with Gasteiger partial charge < -0.3 is 14.6 Å². The minimum atomic E-state index is 0.00560. The van der Waals surface area contributed by atoms with E-state index in [9.17, 15) is 4.79 Å². The lowest BCUT2D eigenvalue weighted by Crippen LogP contribution is -2.39. The molecule has 5 heterocycles. The number of nitrogens with zero attached hydrogens (tertiary/aromatic N) is 5. The third-order valence-corrected chi connectivity index (χ3v) is 6.53. The van der Waals surface area contributed by atoms with Crippen molar-refractivity contribution >= 4 is 39.5 Å². The zero-order valence-corrected chi connectivity index (χ0v) is 19.5. The largest absolute Gasteiger partial charge is 0.472 e. The van der Waals surface area contributed by atoms with Crippen molar-refractivity contribution in [3.63, 3.8) is 0 Å². The van der Waals surface area contributed by atoms with Gasteiger partial charge in [-0.15, -0.1) is 0 Å². The molecule has 0 spiro atoms. The number of aliphatic imine (C=N–C) groups is 1. The number of anilines is 1. The molecule has 2 atom stereocenters. The molecule has 166 valence electrons. The highest BCUT2D eigenvalue weighted by molar-refractivity contribution is 9.10. The number of hydrogen-bond donors (Lipinski definition) is 1. The molecule has 1 saturated heterocycles. The SMILES string of the molecule is CC1C=C(CNc2cc(C3CCCN(C(=O)c4ccoc4)C3)nc3c(Br)cnn23)C=NC1. The highest BCUT2D eigenvalue weighted by Crippen LogP contribution is 2.30. The standard InChI is InChI=1S/C23H25BrN6O2/c1-15-7-16(10-25-9-15)11-26-21-8-20(28-22-19(24)12-27-30(21)22)17-3-2-5-29(13-17)23(31)18-4-6-32-14-18/h4,6-8,10,12,14-15,17,26H,2-3,5,9,11,13H2,1H3. The Balaban J connectivity index is 1.40. The molecule has 2 aliphatic rings. The van der Waals surface area contributed by atoms with Crippen molar-refractivity contribution in [2.45, 2.75) is 25.7 Å². The molecule has 1 fully saturated rings. The summed E-state index contributed by atoms with van der Waals surface area (Å²) in [5.74, 6) is 1.49. The van der Waals surface area contributed by atoms with Crippen LogP contribution in [0, 0.1) is 5.92 Å². The Morgan fingerprint density at radius 2 is 2.31 bits per heavy atom. The van der Waals surface area contributed by atoms with Crippen LogP contribution < -0.4 is 5.32 Å². The number of nitrogens with one attached hydrogen (secondary N) is 1. The number of dihydropyridines is 1. The maximum Gasteiger partial charge on any atom is 0.257 e. The first-order valence-electron chi connectivity index (χ1n) is 10.9. The Bertz CT molecular complexity index is 1180. The smallest absolute Gasteiger partial charge is 0.257 e. The second-order valence-corrected chi connectivity index (χ2v) is 9.32. The van der Waals surface area contributed by atoms with Crippen LogP contribution in [-0.4, -0.2) is 57.8 Å². The third-order valence-electron chi connectivity index (χ3n) is 5.97. The minimum Gasteiger partial charge on any atom is -0.472 e. The summed E-state index contributed by atoms with van der Waals surface area (Å²) in [4.78, 5) is 24.1. The first kappa shape index (κ1) is 20.9. The van der Waals surface area contributed by atoms with Crippen LogP contribution in [0.1, 0.15) is 41.7 Å². The van der Waals surface area contributed by atoms with Gasteiger partial charge in [0.1, 0.15) is 12.1 Å². The summed E-state index contributed by atoms with van der Waals surface area (Å²) in [6, 6.07) is 3.78. The molecule has 8 nitrogen and oxygen atoms in total. The van der Waals surface area contributed by atoms with Crippen molar-refractivity contribution < 1.29 is 9.21 Å². The maximum atomic E-state index is 12.8. The van der Waals surface area contributed by atoms with E-state index >= 15 is 0 Å². The number of furan rings is 1. The van der Waals surface area contributed by atoms with E-state index in [0.29, 0.717) is 24.6 Å². The lowest BCUT2D eigenvalue weighted by molar-refractivity contribution is 0.0705. The fourth-order valence-electron chi connectivity index (χ4n) is 4.36. The number of piperidine rings is 1. The highest BCUT2D eigenvalue weighted by atomic mass is 79.9. The van der Waals surface area contributed by atoms with Crippen LogP contribution >= 0.6 is 15.9 Å². The van der Waals surface area contributed by atoms with Gasteiger partial charge in [-0.3, -0.25) is 9.79 Å². The molecule has 5 rings (SSSR count). The molecule has 1 amide bonds. The summed E-state index contributed by atoms with van der Waals surface area (Å²) in [6.07, 6.45) is 10.9. The molecule has 9 heteroatoms. The number of rotatable bonds is 5. The minimum absolute atomic E-state index is 0.00560. The predicted molar refractivity (Wildman–Crippen MR) is 126 cm³/mol. The van der Waals surface area contributed by atoms with E-state index in [1.807, 2.05) is 15.6 Å². The van der Waals surface area contributed by atoms with Crippen LogP contribution in [0.15, 0.2) is 56.4 Å². The van der Waals surface area contributed by atoms with Crippen LogP contribution in [0.4, 0.5) is 5.82 Å². The van der Waals surface area contributed by atoms with Gasteiger partial charge >= 0.3 is 0 Å². The molecule has 0 radical (unpaired) electrons. The van der Waals surface area contributed by atoms with Gasteiger partial charge in [0.2, 0.25) is 0 Å². The van der Waals surface area contributed by atoms with Crippen molar-refractivity contribution in [1.29, 1.82) is 0 Å². The third kappa shape index (κ3) is 4.21. The van der Waals surface area contributed by atoms with Gasteiger partial charge in [0.25, 0.3) is 5.91 Å². The fraction of sp³-hybridized carbons (Fsp3) is 0.391. The predicted octanol–water partition coefficient (Wildman–Crippen LogP) is 4.16. The normalized spacial score (nSPS) is 21.1. The molecule has 0 bridgehead atoms. The summed E-state index contributed by atoms with van der Waals surface area (Å²) < 4.78 is 7.75. The van der Waals surface area contributed by atoms with Crippen LogP contribution in [-0.2, 0) is 0 Å². The summed E-state index contributed by atoms with van der Waals surface area (Å²) in [5, 5.41) is 7.99. The van der Waals surface area contributed by atoms with Gasteiger partial charge in [0.15, 0.2) is 5.65 Å². The summed E-state index contributed by atoms with van der Waals surface area (Å²) in [7, 11) is 0. The Hall–Kier alpha value is -2.94. The van der Waals surface area contributed by atoms with Crippen molar-refractivity contribution in [3.05, 3.63) is 58.2 Å². The van der Waals surface area contributed by atoms with Gasteiger partial charge in [-0.2, -0.15) is 9.61 Å². The van der Waals surface area contributed by atoms with Gasteiger partial charge in [-0.1, -0.05) is 13.0 Å². The number of aromatic nitrogens is 3. The van der Waals surface area contributed by atoms with E-state index in [4.69, 9.17) is 9.40 Å². The topological polar surface area (TPSA) is 88.0 Å². The Morgan fingerprint density at radius 3 is 3.12 bits per heavy atom. The molecule has 3 aromatic heterocycles. The molecule has 32 heavy (non-hydrogen) atoms. The highest BCUT2D eigenvalue weighted by Gasteiger charge is 2.28. The number of halogens is 1. The molecule has 1 N–H and O–H groups in total. The number of hydrogen-bond acceptors (Lipinski definition) is 6. The molecule has 0 aliphatic carbocycles. The average Bonchev–Trinajstić information content (AvgIpc) is 3.48. The van der Waals surface area contributed by atoms with E-state index in [-0.39, 0.29) is 11.8 Å². The fourth-order valence-corrected chi connectivity index (χ4v) is 4.70. The number of carbonyl (C=O) groups is 1. The number of amides is 1. The van der Waals surface area contributed by atoms with Crippen molar-refractivity contribution in [2.75, 3.05) is 31.5 Å². The first-order chi connectivity index (χ1) is 15.6. The van der Waals surface area contributed by atoms with Crippen molar-refractivity contribution in [1.82, 2.24) is 19.5 Å². The van der Waals surface area contributed by atoms with Crippen LogP contribution in [0.3, 0.4) is 0 Å². The lowest BCUT2D eigenvalue weighted by atomic mass is 9.94. The van der Waals surface area contributed by atoms with Gasteiger partial charge in [-0.25, -0.2) is 4.98 Å². The quantitative estimate of drug-likeness (QED) is 0.572. The summed E-state index contributed by atoms with van der Waals surface area (Å²) >= 11 is 3.57. The average molecular weight is 497 g/mol. The Labute approximate surface area is 194 Å². The molecular formula is C23H25BrN6O2. The molecule has 0 saturated carbocycles. The monoisotopic (exact) mass is 496 g/mol. The van der Waals surface area contributed by atoms with E-state index in [2.05, 4.69) is 50.4 Å². The van der Waals surface area contributed by atoms with Crippen LogP contribution in [0.2, 0.25) is 0 Å². The van der Waals surface area contributed by atoms with E-state index < -0.39 is 0 Å². The summed E-state index contributed by atoms with van der Waals surface area (Å²) in [6.45, 7) is 5.06. The lowest BCUT2D eigenvalue weighted by Gasteiger charge is -2.32. The van der Waals surface area contributed by atoms with Gasteiger partial charge in [-0.05, 0) is 46.3 Å². The van der Waals surface area contributed by atoms with E-state index in [1.165, 1.54) is 12.5 Å². The number of likely N-dealkylation sites (tertiary alicyclic amines) is 1. The maximum absolute atomic E-state index is 12.8. The molecule has 0 aromatic carbocycles. The second kappa shape index (κ2) is 8.90. The van der Waals surface area contributed by atoms with Crippen molar-refractivity contribution in [2.24, 2.45) is 10.9 Å². The molecule has 2 unspecified atom stereocenters. The number of carbonyl (C=O) groups excluding carboxylic acids is 1.